The second kappa shape index (κ2) is 6.66. The summed E-state index contributed by atoms with van der Waals surface area (Å²) in [5.74, 6) is -0.342. The minimum Gasteiger partial charge on any atom is -0.500 e. The maximum Gasteiger partial charge on any atom is 0.200 e. The first-order valence-corrected chi connectivity index (χ1v) is 6.59. The highest BCUT2D eigenvalue weighted by atomic mass is 16.5. The maximum atomic E-state index is 12.6. The standard InChI is InChI=1S/C18H16O3/c1-13(21-2)16(17(19)14-9-5-3-6-10-14)18(20)15-11-7-4-8-12-15/h3-12H,1-2H3. The Hall–Kier alpha value is -2.68. The molecule has 0 aliphatic rings. The van der Waals surface area contributed by atoms with E-state index in [-0.39, 0.29) is 17.1 Å². The molecule has 0 aliphatic carbocycles. The van der Waals surface area contributed by atoms with Crippen LogP contribution >= 0.6 is 0 Å². The van der Waals surface area contributed by atoms with Crippen molar-refractivity contribution in [1.29, 1.82) is 0 Å². The van der Waals surface area contributed by atoms with Gasteiger partial charge in [-0.3, -0.25) is 9.59 Å². The molecule has 3 nitrogen and oxygen atoms in total. The molecule has 0 saturated carbocycles. The molecule has 106 valence electrons. The molecule has 0 spiro atoms. The quantitative estimate of drug-likeness (QED) is 0.276. The van der Waals surface area contributed by atoms with Crippen LogP contribution in [-0.2, 0) is 4.74 Å². The summed E-state index contributed by atoms with van der Waals surface area (Å²) in [5, 5.41) is 0. The number of hydrogen-bond acceptors (Lipinski definition) is 3. The maximum absolute atomic E-state index is 12.6. The van der Waals surface area contributed by atoms with Crippen LogP contribution in [0.25, 0.3) is 0 Å². The second-order valence-corrected chi connectivity index (χ2v) is 4.53. The molecule has 0 heterocycles. The highest BCUT2D eigenvalue weighted by molar-refractivity contribution is 6.31. The van der Waals surface area contributed by atoms with Gasteiger partial charge < -0.3 is 4.74 Å². The summed E-state index contributed by atoms with van der Waals surface area (Å²) in [6.45, 7) is 1.62. The molecule has 0 radical (unpaired) electrons. The Kier molecular flexibility index (Phi) is 4.67. The van der Waals surface area contributed by atoms with Crippen molar-refractivity contribution in [1.82, 2.24) is 0 Å². The van der Waals surface area contributed by atoms with Crippen LogP contribution in [0.1, 0.15) is 27.6 Å². The molecule has 0 atom stereocenters. The fourth-order valence-electron chi connectivity index (χ4n) is 1.99. The largest absolute Gasteiger partial charge is 0.500 e. The Balaban J connectivity index is 2.47. The minimum atomic E-state index is -0.330. The lowest BCUT2D eigenvalue weighted by Gasteiger charge is -2.10. The molecule has 0 aliphatic heterocycles. The van der Waals surface area contributed by atoms with Gasteiger partial charge in [0.2, 0.25) is 0 Å². The number of methoxy groups -OCH3 is 1. The van der Waals surface area contributed by atoms with Crippen molar-refractivity contribution in [2.75, 3.05) is 7.11 Å². The topological polar surface area (TPSA) is 43.4 Å². The van der Waals surface area contributed by atoms with Crippen molar-refractivity contribution in [3.63, 3.8) is 0 Å². The van der Waals surface area contributed by atoms with E-state index in [9.17, 15) is 9.59 Å². The molecule has 0 aromatic heterocycles. The lowest BCUT2D eigenvalue weighted by molar-refractivity contribution is 0.0951. The molecule has 3 heteroatoms. The summed E-state index contributed by atoms with van der Waals surface area (Å²) in [7, 11) is 1.45. The second-order valence-electron chi connectivity index (χ2n) is 4.53. The van der Waals surface area contributed by atoms with Crippen LogP contribution in [0.2, 0.25) is 0 Å². The van der Waals surface area contributed by atoms with E-state index in [0.29, 0.717) is 16.9 Å². The van der Waals surface area contributed by atoms with Gasteiger partial charge in [0.25, 0.3) is 0 Å². The van der Waals surface area contributed by atoms with Gasteiger partial charge in [0.1, 0.15) is 11.3 Å². The summed E-state index contributed by atoms with van der Waals surface area (Å²) in [6.07, 6.45) is 0. The van der Waals surface area contributed by atoms with Gasteiger partial charge in [0.05, 0.1) is 7.11 Å². The Bertz CT molecular complexity index is 617. The minimum absolute atomic E-state index is 0.0647. The number of Topliss-reactive ketones (excluding diaryl/α,β-unsaturated/α-hetero) is 2. The van der Waals surface area contributed by atoms with E-state index >= 15 is 0 Å². The van der Waals surface area contributed by atoms with Crippen LogP contribution in [0.5, 0.6) is 0 Å². The van der Waals surface area contributed by atoms with E-state index in [1.165, 1.54) is 7.11 Å². The monoisotopic (exact) mass is 280 g/mol. The summed E-state index contributed by atoms with van der Waals surface area (Å²) in [6, 6.07) is 17.4. The average Bonchev–Trinajstić information content (AvgIpc) is 2.56. The number of allylic oxidation sites excluding steroid dienone is 2. The van der Waals surface area contributed by atoms with Crippen molar-refractivity contribution in [3.05, 3.63) is 83.1 Å². The smallest absolute Gasteiger partial charge is 0.200 e. The number of hydrogen-bond donors (Lipinski definition) is 0. The zero-order valence-corrected chi connectivity index (χ0v) is 12.0. The molecule has 0 fully saturated rings. The Morgan fingerprint density at radius 2 is 1.14 bits per heavy atom. The van der Waals surface area contributed by atoms with Crippen molar-refractivity contribution >= 4 is 11.6 Å². The number of rotatable bonds is 5. The number of benzene rings is 2. The van der Waals surface area contributed by atoms with Crippen LogP contribution in [0.15, 0.2) is 72.0 Å². The molecular weight excluding hydrogens is 264 g/mol. The number of carbonyl (C=O) groups is 2. The van der Waals surface area contributed by atoms with Crippen LogP contribution in [0.4, 0.5) is 0 Å². The van der Waals surface area contributed by atoms with Crippen molar-refractivity contribution in [2.24, 2.45) is 0 Å². The Morgan fingerprint density at radius 1 is 0.762 bits per heavy atom. The van der Waals surface area contributed by atoms with Crippen molar-refractivity contribution < 1.29 is 14.3 Å². The molecule has 0 amide bonds. The SMILES string of the molecule is COC(C)=C(C(=O)c1ccccc1)C(=O)c1ccccc1. The van der Waals surface area contributed by atoms with E-state index in [4.69, 9.17) is 4.74 Å². The Morgan fingerprint density at radius 3 is 1.48 bits per heavy atom. The first kappa shape index (κ1) is 14.7. The van der Waals surface area contributed by atoms with Gasteiger partial charge in [-0.25, -0.2) is 0 Å². The van der Waals surface area contributed by atoms with Gasteiger partial charge in [0.15, 0.2) is 11.6 Å². The highest BCUT2D eigenvalue weighted by Crippen LogP contribution is 2.18. The van der Waals surface area contributed by atoms with E-state index < -0.39 is 0 Å². The van der Waals surface area contributed by atoms with Gasteiger partial charge in [-0.05, 0) is 6.92 Å². The fraction of sp³-hybridized carbons (Fsp3) is 0.111. The molecule has 2 rings (SSSR count). The van der Waals surface area contributed by atoms with E-state index in [0.717, 1.165) is 0 Å². The molecule has 2 aromatic rings. The van der Waals surface area contributed by atoms with Crippen LogP contribution in [0.3, 0.4) is 0 Å². The molecule has 2 aromatic carbocycles. The molecule has 21 heavy (non-hydrogen) atoms. The van der Waals surface area contributed by atoms with Gasteiger partial charge in [-0.2, -0.15) is 0 Å². The fourth-order valence-corrected chi connectivity index (χ4v) is 1.99. The lowest BCUT2D eigenvalue weighted by Crippen LogP contribution is -2.16. The summed E-state index contributed by atoms with van der Waals surface area (Å²) < 4.78 is 5.14. The zero-order valence-electron chi connectivity index (χ0n) is 12.0. The number of ether oxygens (including phenoxy) is 1. The van der Waals surface area contributed by atoms with Gasteiger partial charge in [-0.1, -0.05) is 60.7 Å². The van der Waals surface area contributed by atoms with Crippen LogP contribution in [-0.4, -0.2) is 18.7 Å². The molecule has 0 bridgehead atoms. The number of ketones is 2. The third-order valence-electron chi connectivity index (χ3n) is 3.18. The first-order chi connectivity index (χ1) is 10.1. The van der Waals surface area contributed by atoms with Gasteiger partial charge in [0, 0.05) is 11.1 Å². The normalized spacial score (nSPS) is 9.81. The van der Waals surface area contributed by atoms with Gasteiger partial charge >= 0.3 is 0 Å². The van der Waals surface area contributed by atoms with Crippen LogP contribution in [0, 0.1) is 0 Å². The average molecular weight is 280 g/mol. The predicted molar refractivity (Wildman–Crippen MR) is 81.3 cm³/mol. The van der Waals surface area contributed by atoms with E-state index in [2.05, 4.69) is 0 Å². The van der Waals surface area contributed by atoms with Gasteiger partial charge in [-0.15, -0.1) is 0 Å². The van der Waals surface area contributed by atoms with E-state index in [1.807, 2.05) is 12.1 Å². The number of carbonyl (C=O) groups excluding carboxylic acids is 2. The third kappa shape index (κ3) is 3.26. The highest BCUT2D eigenvalue weighted by Gasteiger charge is 2.24. The summed E-state index contributed by atoms with van der Waals surface area (Å²) in [4.78, 5) is 25.2. The summed E-state index contributed by atoms with van der Waals surface area (Å²) >= 11 is 0. The van der Waals surface area contributed by atoms with Crippen molar-refractivity contribution in [3.8, 4) is 0 Å². The lowest BCUT2D eigenvalue weighted by atomic mass is 9.95. The molecule has 0 unspecified atom stereocenters. The predicted octanol–water partition coefficient (Wildman–Crippen LogP) is 3.67. The summed E-state index contributed by atoms with van der Waals surface area (Å²) in [5.41, 5.74) is 0.997. The third-order valence-corrected chi connectivity index (χ3v) is 3.18. The molecule has 0 N–H and O–H groups in total. The van der Waals surface area contributed by atoms with Crippen molar-refractivity contribution in [2.45, 2.75) is 6.92 Å². The van der Waals surface area contributed by atoms with Crippen LogP contribution < -0.4 is 0 Å². The van der Waals surface area contributed by atoms with E-state index in [1.54, 1.807) is 55.5 Å². The molecular formula is C18H16O3. The Labute approximate surface area is 123 Å². The molecule has 0 saturated heterocycles. The first-order valence-electron chi connectivity index (χ1n) is 6.59. The zero-order chi connectivity index (χ0) is 15.2.